The Morgan fingerprint density at radius 3 is 1.80 bits per heavy atom. The second-order valence-corrected chi connectivity index (χ2v) is 31.7. The van der Waals surface area contributed by atoms with E-state index in [0.717, 1.165) is 11.1 Å². The number of nitrogens with zero attached hydrogens (tertiary/aromatic N) is 5. The molecule has 382 valence electrons. The zero-order valence-corrected chi connectivity index (χ0v) is 46.0. The predicted octanol–water partition coefficient (Wildman–Crippen LogP) is 7.47. The second-order valence-electron chi connectivity index (χ2n) is 18.6. The van der Waals surface area contributed by atoms with E-state index >= 15 is 0 Å². The van der Waals surface area contributed by atoms with Crippen LogP contribution >= 0.6 is 8.53 Å². The number of imidazole rings is 1. The summed E-state index contributed by atoms with van der Waals surface area (Å²) < 4.78 is 82.2. The van der Waals surface area contributed by atoms with Crippen molar-refractivity contribution in [2.24, 2.45) is 0 Å². The largest absolute Gasteiger partial charge is 0.659 e. The number of fused-ring (bicyclic) bond motifs is 1. The first-order valence-corrected chi connectivity index (χ1v) is 32.5. The number of hydrogen-bond acceptors (Lipinski definition) is 19. The maximum atomic E-state index is 11.7. The van der Waals surface area contributed by atoms with Crippen LogP contribution in [0.3, 0.4) is 0 Å². The average Bonchev–Trinajstić information content (AvgIpc) is 3.85. The van der Waals surface area contributed by atoms with Crippen molar-refractivity contribution in [2.75, 3.05) is 45.9 Å². The summed E-state index contributed by atoms with van der Waals surface area (Å²) in [6.45, 7) is 21.1. The summed E-state index contributed by atoms with van der Waals surface area (Å²) in [6.07, 6.45) is -1.98. The molecule has 1 saturated heterocycles. The fourth-order valence-corrected chi connectivity index (χ4v) is 17.4. The molecule has 1 aliphatic heterocycles. The molecular weight excluding hydrogens is 964 g/mol. The van der Waals surface area contributed by atoms with E-state index in [9.17, 15) is 9.59 Å². The maximum Gasteiger partial charge on any atom is 0.659 e. The van der Waals surface area contributed by atoms with Gasteiger partial charge in [-0.1, -0.05) is 60.7 Å². The van der Waals surface area contributed by atoms with Crippen LogP contribution in [-0.4, -0.2) is 139 Å². The number of carbonyl (C=O) groups excluding carboxylic acids is 2. The number of anilines is 1. The Morgan fingerprint density at radius 2 is 1.32 bits per heavy atom. The second kappa shape index (κ2) is 25.7. The number of aromatic nitrogens is 4. The minimum absolute atomic E-state index is 0.0147. The van der Waals surface area contributed by atoms with E-state index in [2.05, 4.69) is 86.6 Å². The van der Waals surface area contributed by atoms with Gasteiger partial charge in [0.2, 0.25) is 0 Å². The van der Waals surface area contributed by atoms with Gasteiger partial charge in [-0.3, -0.25) is 14.2 Å². The molecule has 0 aliphatic carbocycles. The average molecular weight is 1040 g/mol. The van der Waals surface area contributed by atoms with Crippen LogP contribution < -0.4 is 5.73 Å². The fraction of sp³-hybridized carbons (Fsp3) is 0.578. The number of ether oxygens (including phenoxy) is 6. The van der Waals surface area contributed by atoms with Crippen LogP contribution in [0.5, 0.6) is 0 Å². The summed E-state index contributed by atoms with van der Waals surface area (Å²) in [6, 6.07) is 19.7. The highest BCUT2D eigenvalue weighted by Crippen LogP contribution is 2.50. The Morgan fingerprint density at radius 1 is 0.783 bits per heavy atom. The normalized spacial score (nSPS) is 18.6. The summed E-state index contributed by atoms with van der Waals surface area (Å²) >= 11 is 0. The SMILES string of the molecule is COP(O[C@H]1[C@@H](OC(OCCOC(C)=O)OCCOC(C)=O)[C@H](n2cnc3c(N)ncnc32)O[C@@H]1CO[Si](OC(c1ccccc1)c1ccccc1)(O[Si](C)(C)C)O[Si](C)(C)C)N(C(C)C)C(C)C. The molecule has 0 bridgehead atoms. The third-order valence-electron chi connectivity index (χ3n) is 9.87. The smallest absolute Gasteiger partial charge is 0.463 e. The van der Waals surface area contributed by atoms with Crippen molar-refractivity contribution in [1.82, 2.24) is 24.2 Å². The Hall–Kier alpha value is -3.63. The number of esters is 2. The van der Waals surface area contributed by atoms with Crippen LogP contribution in [-0.2, 0) is 64.1 Å². The van der Waals surface area contributed by atoms with Gasteiger partial charge in [-0.2, -0.15) is 0 Å². The van der Waals surface area contributed by atoms with Crippen molar-refractivity contribution in [3.63, 3.8) is 0 Å². The summed E-state index contributed by atoms with van der Waals surface area (Å²) in [5.41, 5.74) is 8.73. The summed E-state index contributed by atoms with van der Waals surface area (Å²) in [4.78, 5) is 36.7. The van der Waals surface area contributed by atoms with Crippen molar-refractivity contribution < 1.29 is 64.1 Å². The van der Waals surface area contributed by atoms with Crippen LogP contribution in [0.15, 0.2) is 73.3 Å². The number of nitrogens with two attached hydrogens (primary N) is 1. The van der Waals surface area contributed by atoms with Gasteiger partial charge in [-0.25, -0.2) is 19.6 Å². The molecule has 2 aromatic heterocycles. The lowest BCUT2D eigenvalue weighted by Crippen LogP contribution is -2.60. The monoisotopic (exact) mass is 1030 g/mol. The van der Waals surface area contributed by atoms with Crippen LogP contribution in [0, 0.1) is 0 Å². The third-order valence-corrected chi connectivity index (χ3v) is 19.8. The Bertz CT molecular complexity index is 2120. The molecule has 1 fully saturated rings. The molecule has 24 heteroatoms. The lowest BCUT2D eigenvalue weighted by atomic mass is 10.0. The molecular formula is C45H71N6O14PSi3. The molecule has 5 rings (SSSR count). The van der Waals surface area contributed by atoms with E-state index in [-0.39, 0.29) is 50.9 Å². The van der Waals surface area contributed by atoms with Crippen LogP contribution in [0.4, 0.5) is 5.82 Å². The van der Waals surface area contributed by atoms with E-state index in [1.165, 1.54) is 26.5 Å². The van der Waals surface area contributed by atoms with E-state index in [1.807, 2.05) is 60.7 Å². The first kappa shape index (κ1) is 56.3. The van der Waals surface area contributed by atoms with E-state index in [4.69, 9.17) is 60.3 Å². The molecule has 1 unspecified atom stereocenters. The Kier molecular flexibility index (Phi) is 20.9. The minimum Gasteiger partial charge on any atom is -0.463 e. The van der Waals surface area contributed by atoms with Gasteiger partial charge in [0.25, 0.3) is 15.0 Å². The fourth-order valence-electron chi connectivity index (χ4n) is 7.40. The van der Waals surface area contributed by atoms with Gasteiger partial charge in [-0.05, 0) is 78.1 Å². The molecule has 69 heavy (non-hydrogen) atoms. The molecule has 5 atom stereocenters. The number of benzene rings is 2. The number of hydrogen-bond donors (Lipinski definition) is 1. The lowest BCUT2D eigenvalue weighted by molar-refractivity contribution is -0.320. The zero-order chi connectivity index (χ0) is 50.5. The molecule has 0 amide bonds. The highest BCUT2D eigenvalue weighted by atomic mass is 31.2. The molecule has 4 aromatic rings. The third kappa shape index (κ3) is 16.7. The summed E-state index contributed by atoms with van der Waals surface area (Å²) in [5, 5.41) is 0. The minimum atomic E-state index is -4.23. The molecule has 1 aliphatic rings. The van der Waals surface area contributed by atoms with Crippen molar-refractivity contribution in [2.45, 2.75) is 130 Å². The highest BCUT2D eigenvalue weighted by Gasteiger charge is 2.57. The Labute approximate surface area is 410 Å². The van der Waals surface area contributed by atoms with E-state index in [1.54, 1.807) is 11.7 Å². The van der Waals surface area contributed by atoms with Crippen molar-refractivity contribution in [3.8, 4) is 0 Å². The first-order chi connectivity index (χ1) is 32.6. The summed E-state index contributed by atoms with van der Waals surface area (Å²) in [5.74, 6) is -0.833. The molecule has 0 radical (unpaired) electrons. The van der Waals surface area contributed by atoms with E-state index < -0.39 is 83.3 Å². The van der Waals surface area contributed by atoms with Gasteiger partial charge in [0.05, 0.1) is 26.1 Å². The number of nitrogen functional groups attached to an aromatic ring is 1. The standard InChI is InChI=1S/C45H71N6O14PSi3/c1-31(2)51(32(3)4)66(54-7)62-40-37(28-59-69(64-67(8,9)10,65-68(11,12)13)63-39(35-20-16-14-17-21-35)36-22-18-15-19-23-36)60-44(50-30-49-38-42(46)47-29-48-43(38)50)41(40)61-45(57-26-24-55-33(5)52)58-27-25-56-34(6)53/h14-23,29-32,37,39-41,44-45H,24-28H2,1-13H3,(H2,46,47,48)/t37-,40-,41-,44-,66?/m1/s1. The molecule has 3 heterocycles. The molecule has 2 aromatic carbocycles. The first-order valence-electron chi connectivity index (χ1n) is 23.0. The van der Waals surface area contributed by atoms with Gasteiger partial charge in [0.15, 0.2) is 34.3 Å². The van der Waals surface area contributed by atoms with Crippen molar-refractivity contribution >= 4 is 63.1 Å². The number of carbonyl (C=O) groups is 2. The highest BCUT2D eigenvalue weighted by molar-refractivity contribution is 7.44. The zero-order valence-electron chi connectivity index (χ0n) is 42.1. The topological polar surface area (TPSA) is 218 Å². The van der Waals surface area contributed by atoms with Crippen LogP contribution in [0.25, 0.3) is 11.2 Å². The van der Waals surface area contributed by atoms with Crippen molar-refractivity contribution in [3.05, 3.63) is 84.4 Å². The predicted molar refractivity (Wildman–Crippen MR) is 265 cm³/mol. The molecule has 20 nitrogen and oxygen atoms in total. The quantitative estimate of drug-likeness (QED) is 0.0192. The van der Waals surface area contributed by atoms with Gasteiger partial charge in [0.1, 0.15) is 49.5 Å². The summed E-state index contributed by atoms with van der Waals surface area (Å²) in [7, 11) is -9.56. The van der Waals surface area contributed by atoms with Crippen LogP contribution in [0.2, 0.25) is 39.3 Å². The van der Waals surface area contributed by atoms with Gasteiger partial charge < -0.3 is 60.3 Å². The number of rotatable bonds is 28. The van der Waals surface area contributed by atoms with Gasteiger partial charge in [-0.15, -0.1) is 0 Å². The molecule has 0 saturated carbocycles. The molecule has 0 spiro atoms. The Balaban J connectivity index is 1.67. The van der Waals surface area contributed by atoms with Gasteiger partial charge >= 0.3 is 21.0 Å². The lowest BCUT2D eigenvalue weighted by Gasteiger charge is -2.41. The maximum absolute atomic E-state index is 11.7. The van der Waals surface area contributed by atoms with Crippen LogP contribution in [0.1, 0.15) is 65.0 Å². The molecule has 2 N–H and O–H groups in total. The van der Waals surface area contributed by atoms with Gasteiger partial charge in [0, 0.05) is 33.0 Å². The van der Waals surface area contributed by atoms with E-state index in [0.29, 0.717) is 11.2 Å². The van der Waals surface area contributed by atoms with Crippen molar-refractivity contribution in [1.29, 1.82) is 0 Å².